The molecule has 0 aliphatic carbocycles. The molecule has 0 spiro atoms. The van der Waals surface area contributed by atoms with Crippen LogP contribution in [0, 0.1) is 0 Å². The molecule has 1 aliphatic rings. The number of hydrogen-bond acceptors (Lipinski definition) is 4. The molecule has 0 saturated carbocycles. The number of nitrogen functional groups attached to an aromatic ring is 1. The number of nitrogens with zero attached hydrogens (tertiary/aromatic N) is 1. The van der Waals surface area contributed by atoms with E-state index in [1.807, 2.05) is 25.2 Å². The highest BCUT2D eigenvalue weighted by Crippen LogP contribution is 2.37. The average Bonchev–Trinajstić information content (AvgIpc) is 2.20. The summed E-state index contributed by atoms with van der Waals surface area (Å²) in [6, 6.07) is 6.00. The molecule has 1 aromatic carbocycles. The minimum absolute atomic E-state index is 0.240. The lowest BCUT2D eigenvalue weighted by atomic mass is 10.1. The number of nitrogens with two attached hydrogens (primary N) is 2. The Morgan fingerprint density at radius 3 is 3.07 bits per heavy atom. The van der Waals surface area contributed by atoms with Crippen molar-refractivity contribution < 1.29 is 4.74 Å². The van der Waals surface area contributed by atoms with E-state index < -0.39 is 0 Å². The van der Waals surface area contributed by atoms with Gasteiger partial charge in [0.2, 0.25) is 0 Å². The molecule has 4 heteroatoms. The topological polar surface area (TPSA) is 64.5 Å². The maximum atomic E-state index is 5.81. The second-order valence-electron chi connectivity index (χ2n) is 3.51. The van der Waals surface area contributed by atoms with Crippen LogP contribution in [0.2, 0.25) is 0 Å². The van der Waals surface area contributed by atoms with Gasteiger partial charge < -0.3 is 21.1 Å². The van der Waals surface area contributed by atoms with E-state index in [1.54, 1.807) is 0 Å². The zero-order valence-corrected chi connectivity index (χ0v) is 8.23. The average molecular weight is 193 g/mol. The van der Waals surface area contributed by atoms with Crippen LogP contribution in [-0.4, -0.2) is 26.2 Å². The summed E-state index contributed by atoms with van der Waals surface area (Å²) < 4.78 is 5.58. The predicted molar refractivity (Wildman–Crippen MR) is 57.6 cm³/mol. The summed E-state index contributed by atoms with van der Waals surface area (Å²) in [5, 5.41) is 0. The van der Waals surface area contributed by atoms with Crippen LogP contribution >= 0.6 is 0 Å². The Labute approximate surface area is 83.4 Å². The molecule has 0 amide bonds. The molecule has 0 bridgehead atoms. The smallest absolute Gasteiger partial charge is 0.165 e. The fourth-order valence-electron chi connectivity index (χ4n) is 1.69. The number of ether oxygens (including phenoxy) is 1. The van der Waals surface area contributed by atoms with Gasteiger partial charge in [0.15, 0.2) is 5.75 Å². The molecular formula is C10H15N3O. The van der Waals surface area contributed by atoms with Crippen LogP contribution in [0.5, 0.6) is 5.75 Å². The molecule has 1 aromatic rings. The monoisotopic (exact) mass is 193 g/mol. The molecule has 14 heavy (non-hydrogen) atoms. The molecule has 1 unspecified atom stereocenters. The molecule has 0 radical (unpaired) electrons. The lowest BCUT2D eigenvalue weighted by molar-refractivity contribution is 0.271. The molecule has 1 aliphatic heterocycles. The summed E-state index contributed by atoms with van der Waals surface area (Å²) in [6.45, 7) is 1.19. The number of likely N-dealkylation sites (N-methyl/N-ethyl adjacent to an activating group) is 1. The summed E-state index contributed by atoms with van der Waals surface area (Å²) in [5.41, 5.74) is 13.1. The van der Waals surface area contributed by atoms with Gasteiger partial charge >= 0.3 is 0 Å². The number of anilines is 2. The normalized spacial score (nSPS) is 20.1. The van der Waals surface area contributed by atoms with Gasteiger partial charge in [-0.2, -0.15) is 0 Å². The van der Waals surface area contributed by atoms with Gasteiger partial charge in [-0.15, -0.1) is 0 Å². The third kappa shape index (κ3) is 1.28. The lowest BCUT2D eigenvalue weighted by Crippen LogP contribution is -2.45. The van der Waals surface area contributed by atoms with Crippen LogP contribution in [-0.2, 0) is 0 Å². The van der Waals surface area contributed by atoms with Gasteiger partial charge in [-0.05, 0) is 12.1 Å². The van der Waals surface area contributed by atoms with Crippen molar-refractivity contribution in [3.63, 3.8) is 0 Å². The quantitative estimate of drug-likeness (QED) is 0.635. The van der Waals surface area contributed by atoms with E-state index in [1.165, 1.54) is 0 Å². The second-order valence-corrected chi connectivity index (χ2v) is 3.51. The van der Waals surface area contributed by atoms with Crippen molar-refractivity contribution in [1.82, 2.24) is 0 Å². The van der Waals surface area contributed by atoms with E-state index in [9.17, 15) is 0 Å². The van der Waals surface area contributed by atoms with Crippen molar-refractivity contribution in [2.75, 3.05) is 30.8 Å². The third-order valence-electron chi connectivity index (χ3n) is 2.64. The first-order chi connectivity index (χ1) is 6.74. The lowest BCUT2D eigenvalue weighted by Gasteiger charge is -2.35. The van der Waals surface area contributed by atoms with Crippen LogP contribution in [0.1, 0.15) is 0 Å². The van der Waals surface area contributed by atoms with Crippen LogP contribution < -0.4 is 21.1 Å². The predicted octanol–water partition coefficient (Wildman–Crippen LogP) is 0.425. The molecule has 76 valence electrons. The summed E-state index contributed by atoms with van der Waals surface area (Å²) in [5.74, 6) is 0.778. The Morgan fingerprint density at radius 2 is 2.36 bits per heavy atom. The molecule has 4 N–H and O–H groups in total. The first-order valence-corrected chi connectivity index (χ1v) is 4.68. The number of para-hydroxylation sites is 1. The van der Waals surface area contributed by atoms with Gasteiger partial charge in [0.05, 0.1) is 17.4 Å². The summed E-state index contributed by atoms with van der Waals surface area (Å²) in [6.07, 6.45) is 0. The van der Waals surface area contributed by atoms with E-state index >= 15 is 0 Å². The van der Waals surface area contributed by atoms with E-state index in [2.05, 4.69) is 4.90 Å². The zero-order chi connectivity index (χ0) is 10.1. The largest absolute Gasteiger partial charge is 0.487 e. The fourth-order valence-corrected chi connectivity index (χ4v) is 1.69. The van der Waals surface area contributed by atoms with E-state index in [0.29, 0.717) is 18.8 Å². The molecule has 0 aromatic heterocycles. The van der Waals surface area contributed by atoms with Crippen LogP contribution in [0.25, 0.3) is 0 Å². The Balaban J connectivity index is 2.41. The van der Waals surface area contributed by atoms with Crippen LogP contribution in [0.15, 0.2) is 18.2 Å². The minimum Gasteiger partial charge on any atom is -0.487 e. The highest BCUT2D eigenvalue weighted by atomic mass is 16.5. The molecular weight excluding hydrogens is 178 g/mol. The number of benzene rings is 1. The highest BCUT2D eigenvalue weighted by molar-refractivity contribution is 5.71. The standard InChI is InChI=1S/C10H15N3O/c1-13-7(5-11)6-14-10-8(12)3-2-4-9(10)13/h2-4,7H,5-6,11-12H2,1H3. The fraction of sp³-hybridized carbons (Fsp3) is 0.400. The van der Waals surface area contributed by atoms with Gasteiger partial charge in [-0.1, -0.05) is 6.07 Å². The maximum absolute atomic E-state index is 5.81. The molecule has 4 nitrogen and oxygen atoms in total. The van der Waals surface area contributed by atoms with Crippen molar-refractivity contribution in [1.29, 1.82) is 0 Å². The van der Waals surface area contributed by atoms with Gasteiger partial charge in [-0.25, -0.2) is 0 Å². The van der Waals surface area contributed by atoms with E-state index in [0.717, 1.165) is 11.4 Å². The van der Waals surface area contributed by atoms with Crippen molar-refractivity contribution in [2.24, 2.45) is 5.73 Å². The van der Waals surface area contributed by atoms with Crippen molar-refractivity contribution in [3.8, 4) is 5.75 Å². The molecule has 0 saturated heterocycles. The Bertz CT molecular complexity index is 340. The first kappa shape index (κ1) is 9.15. The van der Waals surface area contributed by atoms with E-state index in [-0.39, 0.29) is 6.04 Å². The number of fused-ring (bicyclic) bond motifs is 1. The van der Waals surface area contributed by atoms with Gasteiger partial charge in [0.1, 0.15) is 6.61 Å². The number of hydrogen-bond donors (Lipinski definition) is 2. The summed E-state index contributed by atoms with van der Waals surface area (Å²) in [4.78, 5) is 2.12. The summed E-state index contributed by atoms with van der Waals surface area (Å²) in [7, 11) is 2.01. The summed E-state index contributed by atoms with van der Waals surface area (Å²) >= 11 is 0. The second kappa shape index (κ2) is 3.38. The minimum atomic E-state index is 0.240. The van der Waals surface area contributed by atoms with Crippen LogP contribution in [0.4, 0.5) is 11.4 Å². The van der Waals surface area contributed by atoms with Gasteiger partial charge in [0.25, 0.3) is 0 Å². The molecule has 0 fully saturated rings. The first-order valence-electron chi connectivity index (χ1n) is 4.68. The number of rotatable bonds is 1. The zero-order valence-electron chi connectivity index (χ0n) is 8.23. The molecule has 1 heterocycles. The maximum Gasteiger partial charge on any atom is 0.165 e. The van der Waals surface area contributed by atoms with Crippen LogP contribution in [0.3, 0.4) is 0 Å². The molecule has 2 rings (SSSR count). The van der Waals surface area contributed by atoms with Crippen molar-refractivity contribution >= 4 is 11.4 Å². The SMILES string of the molecule is CN1c2cccc(N)c2OCC1CN. The highest BCUT2D eigenvalue weighted by Gasteiger charge is 2.24. The van der Waals surface area contributed by atoms with Crippen molar-refractivity contribution in [2.45, 2.75) is 6.04 Å². The third-order valence-corrected chi connectivity index (χ3v) is 2.64. The van der Waals surface area contributed by atoms with Gasteiger partial charge in [0, 0.05) is 13.6 Å². The van der Waals surface area contributed by atoms with Crippen molar-refractivity contribution in [3.05, 3.63) is 18.2 Å². The molecule has 1 atom stereocenters. The Hall–Kier alpha value is -1.42. The Morgan fingerprint density at radius 1 is 1.57 bits per heavy atom. The van der Waals surface area contributed by atoms with E-state index in [4.69, 9.17) is 16.2 Å². The Kier molecular flexibility index (Phi) is 2.21. The van der Waals surface area contributed by atoms with Gasteiger partial charge in [-0.3, -0.25) is 0 Å².